The van der Waals surface area contributed by atoms with Gasteiger partial charge in [0.2, 0.25) is 11.8 Å². The summed E-state index contributed by atoms with van der Waals surface area (Å²) in [6.45, 7) is 6.77. The predicted octanol–water partition coefficient (Wildman–Crippen LogP) is 5.32. The summed E-state index contributed by atoms with van der Waals surface area (Å²) in [5.41, 5.74) is 4.99. The number of carbonyl (C=O) groups excluding carboxylic acids is 2. The van der Waals surface area contributed by atoms with E-state index in [0.29, 0.717) is 37.4 Å². The molecule has 2 aromatic carbocycles. The van der Waals surface area contributed by atoms with Gasteiger partial charge in [0, 0.05) is 11.4 Å². The molecule has 7 heteroatoms. The van der Waals surface area contributed by atoms with Crippen LogP contribution in [-0.4, -0.2) is 34.3 Å². The van der Waals surface area contributed by atoms with Crippen LogP contribution in [0.4, 0.5) is 5.00 Å². The molecule has 3 aromatic rings. The van der Waals surface area contributed by atoms with E-state index in [1.807, 2.05) is 69.3 Å². The molecule has 6 nitrogen and oxygen atoms in total. The first-order valence-corrected chi connectivity index (χ1v) is 12.7. The van der Waals surface area contributed by atoms with Crippen molar-refractivity contribution in [2.45, 2.75) is 52.5 Å². The molecule has 2 N–H and O–H groups in total. The fourth-order valence-corrected chi connectivity index (χ4v) is 5.91. The highest BCUT2D eigenvalue weighted by atomic mass is 32.1. The first-order valence-electron chi connectivity index (χ1n) is 11.9. The van der Waals surface area contributed by atoms with Gasteiger partial charge >= 0.3 is 5.97 Å². The molecule has 0 saturated heterocycles. The predicted molar refractivity (Wildman–Crippen MR) is 138 cm³/mol. The number of nitrogens with zero attached hydrogens (tertiary/aromatic N) is 1. The van der Waals surface area contributed by atoms with Crippen molar-refractivity contribution >= 4 is 34.1 Å². The van der Waals surface area contributed by atoms with Crippen molar-refractivity contribution in [3.05, 3.63) is 86.8 Å². The molecular weight excluding hydrogens is 460 g/mol. The number of hydrogen-bond donors (Lipinski definition) is 2. The second-order valence-electron chi connectivity index (χ2n) is 9.05. The van der Waals surface area contributed by atoms with E-state index in [4.69, 9.17) is 0 Å². The second kappa shape index (κ2) is 10.4. The van der Waals surface area contributed by atoms with Crippen molar-refractivity contribution in [1.82, 2.24) is 4.90 Å². The number of aryl methyl sites for hydroxylation is 2. The summed E-state index contributed by atoms with van der Waals surface area (Å²) in [7, 11) is 0. The van der Waals surface area contributed by atoms with Crippen LogP contribution in [0.1, 0.15) is 62.3 Å². The van der Waals surface area contributed by atoms with Gasteiger partial charge in [-0.25, -0.2) is 4.79 Å². The molecule has 1 aliphatic rings. The molecule has 0 spiro atoms. The Hall–Kier alpha value is -3.45. The fourth-order valence-electron chi connectivity index (χ4n) is 4.65. The van der Waals surface area contributed by atoms with Crippen molar-refractivity contribution in [2.24, 2.45) is 0 Å². The maximum atomic E-state index is 13.1. The topological polar surface area (TPSA) is 86.7 Å². The summed E-state index contributed by atoms with van der Waals surface area (Å²) in [5.74, 6) is -1.62. The van der Waals surface area contributed by atoms with Gasteiger partial charge < -0.3 is 15.3 Å². The Bertz CT molecular complexity index is 1270. The molecule has 1 aliphatic heterocycles. The smallest absolute Gasteiger partial charge is 0.339 e. The Labute approximate surface area is 209 Å². The Kier molecular flexibility index (Phi) is 7.36. The number of carbonyl (C=O) groups is 3. The lowest BCUT2D eigenvalue weighted by molar-refractivity contribution is -0.131. The molecule has 4 rings (SSSR count). The first-order chi connectivity index (χ1) is 16.8. The normalized spacial score (nSPS) is 13.7. The Balaban J connectivity index is 1.54. The minimum absolute atomic E-state index is 0.0235. The number of hydrogen-bond acceptors (Lipinski definition) is 4. The van der Waals surface area contributed by atoms with E-state index in [0.717, 1.165) is 32.7 Å². The summed E-state index contributed by atoms with van der Waals surface area (Å²) in [5, 5.41) is 13.2. The number of carboxylic acid groups (broad SMARTS) is 1. The highest BCUT2D eigenvalue weighted by Crippen LogP contribution is 2.38. The molecule has 1 unspecified atom stereocenters. The van der Waals surface area contributed by atoms with Crippen LogP contribution in [-0.2, 0) is 29.0 Å². The van der Waals surface area contributed by atoms with Crippen molar-refractivity contribution in [2.75, 3.05) is 11.9 Å². The van der Waals surface area contributed by atoms with E-state index in [1.54, 1.807) is 4.90 Å². The Morgan fingerprint density at radius 3 is 2.54 bits per heavy atom. The van der Waals surface area contributed by atoms with Crippen LogP contribution in [0.3, 0.4) is 0 Å². The van der Waals surface area contributed by atoms with Crippen molar-refractivity contribution < 1.29 is 19.5 Å². The average molecular weight is 491 g/mol. The highest BCUT2D eigenvalue weighted by molar-refractivity contribution is 7.17. The Morgan fingerprint density at radius 1 is 1.11 bits per heavy atom. The fraction of sp³-hybridized carbons (Fsp3) is 0.321. The van der Waals surface area contributed by atoms with Gasteiger partial charge in [-0.15, -0.1) is 11.3 Å². The zero-order valence-electron chi connectivity index (χ0n) is 20.3. The largest absolute Gasteiger partial charge is 0.478 e. The second-order valence-corrected chi connectivity index (χ2v) is 10.2. The van der Waals surface area contributed by atoms with Crippen molar-refractivity contribution in [1.29, 1.82) is 0 Å². The molecule has 182 valence electrons. The lowest BCUT2D eigenvalue weighted by Crippen LogP contribution is -2.36. The summed E-state index contributed by atoms with van der Waals surface area (Å²) in [6, 6.07) is 15.6. The average Bonchev–Trinajstić information content (AvgIpc) is 3.19. The first kappa shape index (κ1) is 24.7. The number of thiophene rings is 1. The molecule has 0 radical (unpaired) electrons. The number of benzene rings is 2. The maximum Gasteiger partial charge on any atom is 0.339 e. The van der Waals surface area contributed by atoms with Gasteiger partial charge in [-0.05, 0) is 48.9 Å². The number of carboxylic acids is 1. The van der Waals surface area contributed by atoms with E-state index < -0.39 is 5.97 Å². The molecule has 2 amide bonds. The number of amides is 2. The van der Waals surface area contributed by atoms with E-state index in [9.17, 15) is 19.5 Å². The van der Waals surface area contributed by atoms with Crippen LogP contribution in [0.15, 0.2) is 48.5 Å². The molecule has 1 atom stereocenters. The minimum atomic E-state index is -1.05. The summed E-state index contributed by atoms with van der Waals surface area (Å²) >= 11 is 1.27. The van der Waals surface area contributed by atoms with Gasteiger partial charge in [-0.3, -0.25) is 9.59 Å². The third-order valence-corrected chi connectivity index (χ3v) is 7.77. The summed E-state index contributed by atoms with van der Waals surface area (Å²) < 4.78 is 0. The quantitative estimate of drug-likeness (QED) is 0.469. The third-order valence-electron chi connectivity index (χ3n) is 6.63. The molecule has 35 heavy (non-hydrogen) atoms. The van der Waals surface area contributed by atoms with Crippen molar-refractivity contribution in [3.8, 4) is 0 Å². The molecule has 0 bridgehead atoms. The number of nitrogens with one attached hydrogen (secondary N) is 1. The van der Waals surface area contributed by atoms with E-state index in [1.165, 1.54) is 11.3 Å². The SMILES string of the molecule is CCC(C(=O)Nc1sc2c(c1C(=O)O)CCN(C(=O)Cc1cc(C)ccc1C)C2)c1ccccc1. The molecule has 0 saturated carbocycles. The van der Waals surface area contributed by atoms with E-state index in [-0.39, 0.29) is 23.3 Å². The summed E-state index contributed by atoms with van der Waals surface area (Å²) in [4.78, 5) is 40.9. The number of anilines is 1. The van der Waals surface area contributed by atoms with Crippen LogP contribution in [0.2, 0.25) is 0 Å². The van der Waals surface area contributed by atoms with Crippen LogP contribution >= 0.6 is 11.3 Å². The van der Waals surface area contributed by atoms with Crippen LogP contribution < -0.4 is 5.32 Å². The standard InChI is InChI=1S/C28H30N2O4S/c1-4-21(19-8-6-5-7-9-19)26(32)29-27-25(28(33)34)22-12-13-30(16-23(22)35-27)24(31)15-20-14-17(2)10-11-18(20)3/h5-11,14,21H,4,12-13,15-16H2,1-3H3,(H,29,32)(H,33,34). The van der Waals surface area contributed by atoms with Gasteiger partial charge in [0.25, 0.3) is 0 Å². The van der Waals surface area contributed by atoms with Gasteiger partial charge in [0.15, 0.2) is 0 Å². The van der Waals surface area contributed by atoms with Gasteiger partial charge in [-0.1, -0.05) is 61.0 Å². The van der Waals surface area contributed by atoms with Gasteiger partial charge in [-0.2, -0.15) is 0 Å². The van der Waals surface area contributed by atoms with Gasteiger partial charge in [0.05, 0.1) is 24.4 Å². The number of fused-ring (bicyclic) bond motifs is 1. The zero-order chi connectivity index (χ0) is 25.1. The van der Waals surface area contributed by atoms with Crippen LogP contribution in [0.25, 0.3) is 0 Å². The third kappa shape index (κ3) is 5.30. The molecule has 2 heterocycles. The lowest BCUT2D eigenvalue weighted by atomic mass is 9.95. The lowest BCUT2D eigenvalue weighted by Gasteiger charge is -2.27. The van der Waals surface area contributed by atoms with Crippen LogP contribution in [0.5, 0.6) is 0 Å². The maximum absolute atomic E-state index is 13.1. The van der Waals surface area contributed by atoms with Gasteiger partial charge in [0.1, 0.15) is 5.00 Å². The van der Waals surface area contributed by atoms with E-state index >= 15 is 0 Å². The zero-order valence-corrected chi connectivity index (χ0v) is 21.1. The number of aromatic carboxylic acids is 1. The minimum Gasteiger partial charge on any atom is -0.478 e. The highest BCUT2D eigenvalue weighted by Gasteiger charge is 2.31. The molecule has 1 aromatic heterocycles. The molecule has 0 fully saturated rings. The molecular formula is C28H30N2O4S. The van der Waals surface area contributed by atoms with Crippen molar-refractivity contribution in [3.63, 3.8) is 0 Å². The number of rotatable bonds is 7. The monoisotopic (exact) mass is 490 g/mol. The Morgan fingerprint density at radius 2 is 1.86 bits per heavy atom. The molecule has 0 aliphatic carbocycles. The van der Waals surface area contributed by atoms with E-state index in [2.05, 4.69) is 5.32 Å². The summed E-state index contributed by atoms with van der Waals surface area (Å²) in [6.07, 6.45) is 1.38. The van der Waals surface area contributed by atoms with Crippen LogP contribution in [0, 0.1) is 13.8 Å².